The molecule has 2 aliphatic heterocycles. The van der Waals surface area contributed by atoms with Crippen molar-refractivity contribution in [2.45, 2.75) is 46.2 Å². The highest BCUT2D eigenvalue weighted by Gasteiger charge is 2.45. The summed E-state index contributed by atoms with van der Waals surface area (Å²) in [7, 11) is 1.48. The van der Waals surface area contributed by atoms with E-state index in [4.69, 9.17) is 18.9 Å². The number of carbonyl (C=O) groups is 2. The van der Waals surface area contributed by atoms with Crippen LogP contribution >= 0.6 is 0 Å². The van der Waals surface area contributed by atoms with Crippen molar-refractivity contribution in [3.05, 3.63) is 34.4 Å². The minimum atomic E-state index is -0.932. The summed E-state index contributed by atoms with van der Waals surface area (Å²) in [4.78, 5) is 26.7. The number of aromatic hydroxyl groups is 4. The summed E-state index contributed by atoms with van der Waals surface area (Å²) >= 11 is 0. The Balaban J connectivity index is 1.99. The molecule has 0 saturated carbocycles. The molecule has 35 heavy (non-hydrogen) atoms. The largest absolute Gasteiger partial charge is 0.508 e. The van der Waals surface area contributed by atoms with Crippen LogP contribution in [0.5, 0.6) is 23.0 Å². The lowest BCUT2D eigenvalue weighted by molar-refractivity contribution is -0.259. The molecule has 2 aromatic rings. The van der Waals surface area contributed by atoms with Gasteiger partial charge >= 0.3 is 11.9 Å². The Morgan fingerprint density at radius 1 is 0.857 bits per heavy atom. The van der Waals surface area contributed by atoms with Gasteiger partial charge in [-0.2, -0.15) is 0 Å². The van der Waals surface area contributed by atoms with Crippen molar-refractivity contribution >= 4 is 11.9 Å². The zero-order valence-electron chi connectivity index (χ0n) is 20.0. The summed E-state index contributed by atoms with van der Waals surface area (Å²) in [6.07, 6.45) is -2.38. The number of benzene rings is 2. The van der Waals surface area contributed by atoms with Gasteiger partial charge in [-0.1, -0.05) is 13.8 Å². The van der Waals surface area contributed by atoms with Crippen molar-refractivity contribution in [3.63, 3.8) is 0 Å². The van der Waals surface area contributed by atoms with Gasteiger partial charge in [0, 0.05) is 41.2 Å². The second-order valence-electron chi connectivity index (χ2n) is 9.05. The van der Waals surface area contributed by atoms with Crippen LogP contribution in [0.1, 0.15) is 45.7 Å². The third kappa shape index (κ3) is 3.92. The first kappa shape index (κ1) is 24.6. The number of esters is 2. The molecule has 4 N–H and O–H groups in total. The van der Waals surface area contributed by atoms with Gasteiger partial charge in [0.1, 0.15) is 41.8 Å². The maximum atomic E-state index is 13.5. The van der Waals surface area contributed by atoms with Crippen LogP contribution in [0.15, 0.2) is 12.1 Å². The standard InChI is InChI=1S/C25H28O10/c1-9-10(2)25(32-5)34-17-8-33-23(30)13-6-15(26)11(3)20(28)18(13)19-14(24(31)35-22(9)17)7-16(27)12(4)21(19)29/h6-7,9-10,17,22,25-29H,8H2,1-5H3. The van der Waals surface area contributed by atoms with E-state index in [1.165, 1.54) is 21.0 Å². The number of rotatable bonds is 1. The molecule has 10 heteroatoms. The summed E-state index contributed by atoms with van der Waals surface area (Å²) in [5.74, 6) is -4.16. The molecule has 4 rings (SSSR count). The highest BCUT2D eigenvalue weighted by molar-refractivity contribution is 6.07. The average molecular weight is 488 g/mol. The van der Waals surface area contributed by atoms with Gasteiger partial charge in [-0.15, -0.1) is 0 Å². The molecule has 0 spiro atoms. The van der Waals surface area contributed by atoms with Crippen LogP contribution < -0.4 is 0 Å². The molecule has 0 amide bonds. The van der Waals surface area contributed by atoms with Gasteiger partial charge < -0.3 is 39.4 Å². The molecule has 0 bridgehead atoms. The van der Waals surface area contributed by atoms with Crippen molar-refractivity contribution in [3.8, 4) is 34.1 Å². The highest BCUT2D eigenvalue weighted by Crippen LogP contribution is 2.48. The van der Waals surface area contributed by atoms with Gasteiger partial charge in [-0.3, -0.25) is 0 Å². The Morgan fingerprint density at radius 3 is 1.89 bits per heavy atom. The van der Waals surface area contributed by atoms with Crippen molar-refractivity contribution in [1.29, 1.82) is 0 Å². The molecule has 1 saturated heterocycles. The minimum Gasteiger partial charge on any atom is -0.508 e. The summed E-state index contributed by atoms with van der Waals surface area (Å²) in [5, 5.41) is 42.6. The predicted octanol–water partition coefficient (Wildman–Crippen LogP) is 3.13. The van der Waals surface area contributed by atoms with Crippen LogP contribution in [0.2, 0.25) is 0 Å². The molecule has 0 aromatic heterocycles. The Kier molecular flexibility index (Phi) is 6.29. The van der Waals surface area contributed by atoms with Crippen LogP contribution in [0.3, 0.4) is 0 Å². The lowest BCUT2D eigenvalue weighted by atomic mass is 9.84. The first-order valence-corrected chi connectivity index (χ1v) is 11.2. The number of methoxy groups -OCH3 is 1. The molecular weight excluding hydrogens is 460 g/mol. The monoisotopic (exact) mass is 488 g/mol. The van der Waals surface area contributed by atoms with E-state index in [-0.39, 0.29) is 63.3 Å². The third-order valence-electron chi connectivity index (χ3n) is 7.05. The highest BCUT2D eigenvalue weighted by atomic mass is 16.7. The summed E-state index contributed by atoms with van der Waals surface area (Å²) in [6, 6.07) is 2.19. The van der Waals surface area contributed by atoms with Crippen LogP contribution in [-0.4, -0.2) is 64.6 Å². The van der Waals surface area contributed by atoms with Gasteiger partial charge in [0.15, 0.2) is 6.29 Å². The third-order valence-corrected chi connectivity index (χ3v) is 7.05. The van der Waals surface area contributed by atoms with Crippen molar-refractivity contribution in [2.24, 2.45) is 11.8 Å². The average Bonchev–Trinajstić information content (AvgIpc) is 2.84. The Labute approximate surface area is 201 Å². The number of phenolic OH excluding ortho intramolecular Hbond substituents is 4. The van der Waals surface area contributed by atoms with E-state index in [2.05, 4.69) is 0 Å². The maximum absolute atomic E-state index is 13.5. The van der Waals surface area contributed by atoms with E-state index in [0.29, 0.717) is 0 Å². The lowest BCUT2D eigenvalue weighted by Crippen LogP contribution is -2.53. The van der Waals surface area contributed by atoms with E-state index in [9.17, 15) is 30.0 Å². The fourth-order valence-corrected chi connectivity index (χ4v) is 4.60. The predicted molar refractivity (Wildman–Crippen MR) is 121 cm³/mol. The normalized spacial score (nSPS) is 26.5. The summed E-state index contributed by atoms with van der Waals surface area (Å²) in [6.45, 7) is 6.21. The molecule has 5 atom stereocenters. The molecule has 2 aliphatic rings. The van der Waals surface area contributed by atoms with Crippen LogP contribution in [-0.2, 0) is 18.9 Å². The van der Waals surface area contributed by atoms with E-state index in [0.717, 1.165) is 12.1 Å². The SMILES string of the molecule is COC1OC2COC(=O)c3cc(O)c(C)c(O)c3-c3c(cc(O)c(C)c3O)C(=O)OC2C(C)C1C. The first-order valence-electron chi connectivity index (χ1n) is 11.2. The number of fused-ring (bicyclic) bond motifs is 4. The van der Waals surface area contributed by atoms with Gasteiger partial charge in [0.2, 0.25) is 0 Å². The van der Waals surface area contributed by atoms with Crippen LogP contribution in [0.4, 0.5) is 0 Å². The molecule has 5 unspecified atom stereocenters. The number of ether oxygens (including phenoxy) is 4. The molecular formula is C25H28O10. The zero-order valence-corrected chi connectivity index (χ0v) is 20.0. The van der Waals surface area contributed by atoms with Crippen molar-refractivity contribution in [2.75, 3.05) is 13.7 Å². The van der Waals surface area contributed by atoms with Gasteiger partial charge in [-0.25, -0.2) is 9.59 Å². The fourth-order valence-electron chi connectivity index (χ4n) is 4.60. The zero-order chi connectivity index (χ0) is 25.8. The van der Waals surface area contributed by atoms with Crippen molar-refractivity contribution in [1.82, 2.24) is 0 Å². The maximum Gasteiger partial charge on any atom is 0.339 e. The van der Waals surface area contributed by atoms with Crippen LogP contribution in [0.25, 0.3) is 11.1 Å². The quantitative estimate of drug-likeness (QED) is 0.441. The van der Waals surface area contributed by atoms with E-state index in [1.54, 1.807) is 0 Å². The number of cyclic esters (lactones) is 1. The van der Waals surface area contributed by atoms with Gasteiger partial charge in [0.05, 0.1) is 11.1 Å². The Hall–Kier alpha value is -3.50. The molecule has 0 aliphatic carbocycles. The topological polar surface area (TPSA) is 152 Å². The van der Waals surface area contributed by atoms with E-state index < -0.39 is 41.9 Å². The molecule has 188 valence electrons. The summed E-state index contributed by atoms with van der Waals surface area (Å²) in [5.41, 5.74) is -1.02. The molecule has 1 fully saturated rings. The second kappa shape index (κ2) is 8.94. The van der Waals surface area contributed by atoms with Crippen LogP contribution in [0, 0.1) is 25.7 Å². The van der Waals surface area contributed by atoms with E-state index >= 15 is 0 Å². The first-order chi connectivity index (χ1) is 16.5. The Bertz CT molecular complexity index is 1200. The Morgan fingerprint density at radius 2 is 1.37 bits per heavy atom. The number of hydrogen-bond acceptors (Lipinski definition) is 10. The number of carbonyl (C=O) groups excluding carboxylic acids is 2. The molecule has 2 aromatic carbocycles. The minimum absolute atomic E-state index is 0.0123. The molecule has 0 radical (unpaired) electrons. The second-order valence-corrected chi connectivity index (χ2v) is 9.05. The van der Waals surface area contributed by atoms with Gasteiger partial charge in [0.25, 0.3) is 0 Å². The molecule has 2 heterocycles. The molecule has 10 nitrogen and oxygen atoms in total. The summed E-state index contributed by atoms with van der Waals surface area (Å²) < 4.78 is 22.6. The lowest BCUT2D eigenvalue weighted by Gasteiger charge is -2.43. The smallest absolute Gasteiger partial charge is 0.339 e. The number of hydrogen-bond donors (Lipinski definition) is 4. The van der Waals surface area contributed by atoms with E-state index in [1.807, 2.05) is 13.8 Å². The fraction of sp³-hybridized carbons (Fsp3) is 0.440. The van der Waals surface area contributed by atoms with Gasteiger partial charge in [-0.05, 0) is 26.0 Å². The number of phenols is 4. The van der Waals surface area contributed by atoms with Crippen molar-refractivity contribution < 1.29 is 49.0 Å².